The van der Waals surface area contributed by atoms with Crippen molar-refractivity contribution in [2.45, 2.75) is 13.8 Å². The Morgan fingerprint density at radius 3 is 2.54 bits per heavy atom. The van der Waals surface area contributed by atoms with Crippen molar-refractivity contribution in [1.82, 2.24) is 4.98 Å². The van der Waals surface area contributed by atoms with Gasteiger partial charge in [0.05, 0.1) is 5.69 Å². The summed E-state index contributed by atoms with van der Waals surface area (Å²) in [4.78, 5) is 9.16. The maximum Gasteiger partial charge on any atom is 0.227 e. The van der Waals surface area contributed by atoms with E-state index in [9.17, 15) is 0 Å². The predicted octanol–water partition coefficient (Wildman–Crippen LogP) is 6.52. The van der Waals surface area contributed by atoms with Gasteiger partial charge in [-0.3, -0.25) is 4.99 Å². The topological polar surface area (TPSA) is 38.4 Å². The molecule has 0 aliphatic rings. The number of aromatic nitrogens is 1. The van der Waals surface area contributed by atoms with Crippen LogP contribution in [0, 0.1) is 13.8 Å². The van der Waals surface area contributed by atoms with Gasteiger partial charge in [-0.1, -0.05) is 29.8 Å². The van der Waals surface area contributed by atoms with Crippen molar-refractivity contribution in [2.75, 3.05) is 0 Å². The lowest BCUT2D eigenvalue weighted by Crippen LogP contribution is -1.80. The molecular formula is C22H17ClN2O. The second-order valence-corrected chi connectivity index (χ2v) is 6.72. The van der Waals surface area contributed by atoms with Crippen LogP contribution in [0.5, 0.6) is 0 Å². The molecule has 4 heteroatoms. The van der Waals surface area contributed by atoms with Gasteiger partial charge < -0.3 is 4.42 Å². The highest BCUT2D eigenvalue weighted by Crippen LogP contribution is 2.28. The maximum atomic E-state index is 5.94. The summed E-state index contributed by atoms with van der Waals surface area (Å²) in [7, 11) is 0. The summed E-state index contributed by atoms with van der Waals surface area (Å²) in [5, 5.41) is 0.714. The van der Waals surface area contributed by atoms with E-state index in [0.717, 1.165) is 27.9 Å². The van der Waals surface area contributed by atoms with Crippen molar-refractivity contribution < 1.29 is 4.42 Å². The number of hydrogen-bond donors (Lipinski definition) is 0. The van der Waals surface area contributed by atoms with Crippen LogP contribution in [0.25, 0.3) is 22.6 Å². The Morgan fingerprint density at radius 1 is 0.962 bits per heavy atom. The van der Waals surface area contributed by atoms with Crippen molar-refractivity contribution in [3.63, 3.8) is 0 Å². The van der Waals surface area contributed by atoms with E-state index in [0.29, 0.717) is 10.9 Å². The first kappa shape index (κ1) is 16.6. The lowest BCUT2D eigenvalue weighted by Gasteiger charge is -1.98. The smallest absolute Gasteiger partial charge is 0.227 e. The van der Waals surface area contributed by atoms with Gasteiger partial charge in [-0.15, -0.1) is 0 Å². The Bertz CT molecular complexity index is 1070. The number of rotatable bonds is 3. The van der Waals surface area contributed by atoms with Crippen LogP contribution >= 0.6 is 11.6 Å². The van der Waals surface area contributed by atoms with E-state index in [2.05, 4.69) is 29.9 Å². The fraction of sp³-hybridized carbons (Fsp3) is 0.0909. The predicted molar refractivity (Wildman–Crippen MR) is 108 cm³/mol. The average molecular weight is 361 g/mol. The Balaban J connectivity index is 1.66. The zero-order chi connectivity index (χ0) is 18.1. The molecule has 0 atom stereocenters. The fourth-order valence-electron chi connectivity index (χ4n) is 2.72. The molecule has 0 aliphatic heterocycles. The van der Waals surface area contributed by atoms with E-state index in [4.69, 9.17) is 16.0 Å². The van der Waals surface area contributed by atoms with Crippen LogP contribution in [-0.2, 0) is 0 Å². The molecule has 0 amide bonds. The van der Waals surface area contributed by atoms with E-state index < -0.39 is 0 Å². The quantitative estimate of drug-likeness (QED) is 0.390. The standard InChI is InChI=1S/C22H17ClN2O/c1-14-10-20-21(11-15(14)2)26-22(25-20)17-4-3-5-19(12-17)24-13-16-6-8-18(23)9-7-16/h3-13H,1-2H3. The monoisotopic (exact) mass is 360 g/mol. The van der Waals surface area contributed by atoms with Gasteiger partial charge in [-0.05, 0) is 73.0 Å². The van der Waals surface area contributed by atoms with Crippen molar-refractivity contribution in [3.05, 3.63) is 82.4 Å². The zero-order valence-electron chi connectivity index (χ0n) is 14.5. The zero-order valence-corrected chi connectivity index (χ0v) is 15.3. The Hall–Kier alpha value is -2.91. The van der Waals surface area contributed by atoms with Gasteiger partial charge in [0, 0.05) is 16.8 Å². The third-order valence-corrected chi connectivity index (χ3v) is 4.58. The summed E-state index contributed by atoms with van der Waals surface area (Å²) >= 11 is 5.91. The van der Waals surface area contributed by atoms with E-state index in [-0.39, 0.29) is 0 Å². The summed E-state index contributed by atoms with van der Waals surface area (Å²) in [5.41, 5.74) is 6.82. The van der Waals surface area contributed by atoms with Crippen molar-refractivity contribution in [1.29, 1.82) is 0 Å². The number of hydrogen-bond acceptors (Lipinski definition) is 3. The molecule has 0 bridgehead atoms. The minimum atomic E-state index is 0.605. The van der Waals surface area contributed by atoms with Gasteiger partial charge in [-0.25, -0.2) is 4.98 Å². The second-order valence-electron chi connectivity index (χ2n) is 6.28. The van der Waals surface area contributed by atoms with Crippen molar-refractivity contribution in [2.24, 2.45) is 4.99 Å². The summed E-state index contributed by atoms with van der Waals surface area (Å²) < 4.78 is 5.94. The van der Waals surface area contributed by atoms with Gasteiger partial charge in [0.1, 0.15) is 5.52 Å². The third kappa shape index (κ3) is 3.39. The highest BCUT2D eigenvalue weighted by Gasteiger charge is 2.10. The Kier molecular flexibility index (Phi) is 4.31. The minimum absolute atomic E-state index is 0.605. The summed E-state index contributed by atoms with van der Waals surface area (Å²) in [6, 6.07) is 19.5. The molecule has 3 aromatic carbocycles. The molecule has 0 fully saturated rings. The van der Waals surface area contributed by atoms with Gasteiger partial charge in [0.2, 0.25) is 5.89 Å². The molecule has 3 nitrogen and oxygen atoms in total. The second kappa shape index (κ2) is 6.77. The van der Waals surface area contributed by atoms with Crippen LogP contribution < -0.4 is 0 Å². The Morgan fingerprint density at radius 2 is 1.73 bits per heavy atom. The number of nitrogens with zero attached hydrogens (tertiary/aromatic N) is 2. The first-order chi connectivity index (χ1) is 12.6. The van der Waals surface area contributed by atoms with Gasteiger partial charge in [0.15, 0.2) is 5.58 Å². The van der Waals surface area contributed by atoms with E-state index in [1.54, 1.807) is 0 Å². The van der Waals surface area contributed by atoms with E-state index >= 15 is 0 Å². The van der Waals surface area contributed by atoms with E-state index in [1.807, 2.05) is 60.8 Å². The number of aliphatic imine (C=N–C) groups is 1. The van der Waals surface area contributed by atoms with Gasteiger partial charge in [-0.2, -0.15) is 0 Å². The molecule has 26 heavy (non-hydrogen) atoms. The molecule has 1 aromatic heterocycles. The number of aryl methyl sites for hydroxylation is 2. The highest BCUT2D eigenvalue weighted by atomic mass is 35.5. The normalized spacial score (nSPS) is 11.5. The summed E-state index contributed by atoms with van der Waals surface area (Å²) in [6.07, 6.45) is 1.81. The molecule has 0 unspecified atom stereocenters. The Labute approximate surface area is 157 Å². The molecule has 4 aromatic rings. The maximum absolute atomic E-state index is 5.94. The first-order valence-electron chi connectivity index (χ1n) is 8.36. The van der Waals surface area contributed by atoms with E-state index in [1.165, 1.54) is 11.1 Å². The largest absolute Gasteiger partial charge is 0.436 e. The molecular weight excluding hydrogens is 344 g/mol. The molecule has 1 heterocycles. The lowest BCUT2D eigenvalue weighted by atomic mass is 10.1. The summed E-state index contributed by atoms with van der Waals surface area (Å²) in [5.74, 6) is 0.605. The molecule has 0 radical (unpaired) electrons. The molecule has 0 saturated heterocycles. The van der Waals surface area contributed by atoms with Crippen LogP contribution in [0.2, 0.25) is 5.02 Å². The first-order valence-corrected chi connectivity index (χ1v) is 8.74. The van der Waals surface area contributed by atoms with Gasteiger partial charge in [0.25, 0.3) is 0 Å². The number of benzene rings is 3. The number of fused-ring (bicyclic) bond motifs is 1. The molecule has 0 saturated carbocycles. The third-order valence-electron chi connectivity index (χ3n) is 4.33. The molecule has 4 rings (SSSR count). The van der Waals surface area contributed by atoms with Crippen LogP contribution in [0.3, 0.4) is 0 Å². The van der Waals surface area contributed by atoms with Crippen molar-refractivity contribution >= 4 is 34.6 Å². The lowest BCUT2D eigenvalue weighted by molar-refractivity contribution is 0.619. The average Bonchev–Trinajstić information content (AvgIpc) is 3.05. The fourth-order valence-corrected chi connectivity index (χ4v) is 2.85. The highest BCUT2D eigenvalue weighted by molar-refractivity contribution is 6.30. The van der Waals surface area contributed by atoms with Crippen molar-refractivity contribution in [3.8, 4) is 11.5 Å². The van der Waals surface area contributed by atoms with Crippen LogP contribution in [0.1, 0.15) is 16.7 Å². The molecule has 0 aliphatic carbocycles. The number of halogens is 1. The van der Waals surface area contributed by atoms with Crippen LogP contribution in [0.4, 0.5) is 5.69 Å². The van der Waals surface area contributed by atoms with Gasteiger partial charge >= 0.3 is 0 Å². The summed E-state index contributed by atoms with van der Waals surface area (Å²) in [6.45, 7) is 4.15. The minimum Gasteiger partial charge on any atom is -0.436 e. The SMILES string of the molecule is Cc1cc2nc(-c3cccc(N=Cc4ccc(Cl)cc4)c3)oc2cc1C. The molecule has 0 spiro atoms. The number of oxazole rings is 1. The van der Waals surface area contributed by atoms with Crippen LogP contribution in [-0.4, -0.2) is 11.2 Å². The molecule has 0 N–H and O–H groups in total. The molecule has 128 valence electrons. The van der Waals surface area contributed by atoms with Crippen LogP contribution in [0.15, 0.2) is 70.1 Å².